The highest BCUT2D eigenvalue weighted by Gasteiger charge is 2.28. The molecule has 5 heteroatoms. The van der Waals surface area contributed by atoms with E-state index in [4.69, 9.17) is 16.3 Å². The molecule has 1 atom stereocenters. The van der Waals surface area contributed by atoms with Crippen molar-refractivity contribution < 1.29 is 13.9 Å². The molecule has 142 valence electrons. The van der Waals surface area contributed by atoms with E-state index in [1.807, 2.05) is 24.3 Å². The number of carbonyl (C=O) groups excluding carboxylic acids is 1. The summed E-state index contributed by atoms with van der Waals surface area (Å²) in [6.45, 7) is 1.47. The second kappa shape index (κ2) is 9.16. The van der Waals surface area contributed by atoms with Crippen LogP contribution in [0.3, 0.4) is 0 Å². The standard InChI is InChI=1S/C22H23ClFNO2/c1-27-22(26)21-4-2-3-14-25(21)15-13-20(16-5-9-18(23)10-6-16)17-7-11-19(24)12-8-17/h5-13,21H,2-4,14-15H2,1H3/b20-13-. The summed E-state index contributed by atoms with van der Waals surface area (Å²) in [6, 6.07) is 13.8. The van der Waals surface area contributed by atoms with E-state index in [1.165, 1.54) is 19.2 Å². The molecule has 0 bridgehead atoms. The van der Waals surface area contributed by atoms with Gasteiger partial charge in [0.1, 0.15) is 11.9 Å². The number of esters is 1. The van der Waals surface area contributed by atoms with Gasteiger partial charge in [0.15, 0.2) is 0 Å². The van der Waals surface area contributed by atoms with Crippen molar-refractivity contribution in [1.29, 1.82) is 0 Å². The van der Waals surface area contributed by atoms with Gasteiger partial charge < -0.3 is 4.74 Å². The Labute approximate surface area is 164 Å². The summed E-state index contributed by atoms with van der Waals surface area (Å²) in [5.74, 6) is -0.450. The molecule has 0 radical (unpaired) electrons. The van der Waals surface area contributed by atoms with Gasteiger partial charge in [0.2, 0.25) is 0 Å². The number of carbonyl (C=O) groups is 1. The Kier molecular flexibility index (Phi) is 6.64. The minimum atomic E-state index is -0.268. The van der Waals surface area contributed by atoms with Crippen molar-refractivity contribution in [1.82, 2.24) is 4.90 Å². The van der Waals surface area contributed by atoms with E-state index in [1.54, 1.807) is 12.1 Å². The fraction of sp³-hybridized carbons (Fsp3) is 0.318. The molecule has 3 nitrogen and oxygen atoms in total. The van der Waals surface area contributed by atoms with Crippen molar-refractivity contribution in [2.45, 2.75) is 25.3 Å². The molecule has 27 heavy (non-hydrogen) atoms. The van der Waals surface area contributed by atoms with Crippen molar-refractivity contribution >= 4 is 23.1 Å². The molecular weight excluding hydrogens is 365 g/mol. The topological polar surface area (TPSA) is 29.5 Å². The summed E-state index contributed by atoms with van der Waals surface area (Å²) >= 11 is 6.02. The normalized spacial score (nSPS) is 18.3. The van der Waals surface area contributed by atoms with Gasteiger partial charge in [0, 0.05) is 11.6 Å². The van der Waals surface area contributed by atoms with Crippen molar-refractivity contribution in [2.75, 3.05) is 20.2 Å². The number of ether oxygens (including phenoxy) is 1. The smallest absolute Gasteiger partial charge is 0.323 e. The van der Waals surface area contributed by atoms with Crippen molar-refractivity contribution in [3.05, 3.63) is 76.6 Å². The van der Waals surface area contributed by atoms with Crippen molar-refractivity contribution in [3.8, 4) is 0 Å². The van der Waals surface area contributed by atoms with Gasteiger partial charge in [-0.2, -0.15) is 0 Å². The lowest BCUT2D eigenvalue weighted by Gasteiger charge is -2.33. The highest BCUT2D eigenvalue weighted by Crippen LogP contribution is 2.26. The van der Waals surface area contributed by atoms with Gasteiger partial charge in [-0.05, 0) is 60.4 Å². The Morgan fingerprint density at radius 3 is 2.41 bits per heavy atom. The highest BCUT2D eigenvalue weighted by molar-refractivity contribution is 6.30. The van der Waals surface area contributed by atoms with E-state index in [0.717, 1.165) is 42.5 Å². The summed E-state index contributed by atoms with van der Waals surface area (Å²) in [5.41, 5.74) is 2.91. The molecule has 0 saturated carbocycles. The average molecular weight is 388 g/mol. The van der Waals surface area contributed by atoms with Crippen LogP contribution >= 0.6 is 11.6 Å². The van der Waals surface area contributed by atoms with Gasteiger partial charge >= 0.3 is 5.97 Å². The zero-order valence-electron chi connectivity index (χ0n) is 15.3. The Morgan fingerprint density at radius 1 is 1.15 bits per heavy atom. The van der Waals surface area contributed by atoms with E-state index in [-0.39, 0.29) is 17.8 Å². The molecule has 1 heterocycles. The quantitative estimate of drug-likeness (QED) is 0.680. The molecule has 2 aromatic rings. The second-order valence-corrected chi connectivity index (χ2v) is 7.10. The first kappa shape index (κ1) is 19.6. The van der Waals surface area contributed by atoms with E-state index in [9.17, 15) is 9.18 Å². The zero-order chi connectivity index (χ0) is 19.2. The molecule has 2 aromatic carbocycles. The number of methoxy groups -OCH3 is 1. The summed E-state index contributed by atoms with van der Waals surface area (Å²) < 4.78 is 18.3. The maximum absolute atomic E-state index is 13.4. The lowest BCUT2D eigenvalue weighted by atomic mass is 9.96. The zero-order valence-corrected chi connectivity index (χ0v) is 16.1. The van der Waals surface area contributed by atoms with Crippen LogP contribution in [0.15, 0.2) is 54.6 Å². The Balaban J connectivity index is 1.90. The number of likely N-dealkylation sites (tertiary alicyclic amines) is 1. The van der Waals surface area contributed by atoms with E-state index in [0.29, 0.717) is 11.6 Å². The van der Waals surface area contributed by atoms with Crippen molar-refractivity contribution in [3.63, 3.8) is 0 Å². The number of hydrogen-bond donors (Lipinski definition) is 0. The van der Waals surface area contributed by atoms with Crippen LogP contribution in [0.5, 0.6) is 0 Å². The van der Waals surface area contributed by atoms with E-state index in [2.05, 4.69) is 11.0 Å². The molecule has 1 unspecified atom stereocenters. The molecule has 0 spiro atoms. The maximum atomic E-state index is 13.4. The SMILES string of the molecule is COC(=O)C1CCCCN1C/C=C(\c1ccc(F)cc1)c1ccc(Cl)cc1. The Bertz CT molecular complexity index is 755. The molecule has 0 aromatic heterocycles. The van der Waals surface area contributed by atoms with Crippen LogP contribution in [0.2, 0.25) is 5.02 Å². The summed E-state index contributed by atoms with van der Waals surface area (Å²) in [6.07, 6.45) is 5.00. The van der Waals surface area contributed by atoms with Crippen LogP contribution in [0.4, 0.5) is 4.39 Å². The molecule has 3 rings (SSSR count). The number of nitrogens with zero attached hydrogens (tertiary/aromatic N) is 1. The monoisotopic (exact) mass is 387 g/mol. The van der Waals surface area contributed by atoms with Crippen molar-refractivity contribution in [2.24, 2.45) is 0 Å². The molecular formula is C22H23ClFNO2. The van der Waals surface area contributed by atoms with Crippen LogP contribution in [-0.2, 0) is 9.53 Å². The lowest BCUT2D eigenvalue weighted by Crippen LogP contribution is -2.45. The lowest BCUT2D eigenvalue weighted by molar-refractivity contribution is -0.148. The van der Waals surface area contributed by atoms with Gasteiger partial charge in [-0.3, -0.25) is 9.69 Å². The fourth-order valence-electron chi connectivity index (χ4n) is 3.48. The van der Waals surface area contributed by atoms with Gasteiger partial charge in [0.25, 0.3) is 0 Å². The summed E-state index contributed by atoms with van der Waals surface area (Å²) in [7, 11) is 1.43. The molecule has 1 aliphatic heterocycles. The molecule has 0 N–H and O–H groups in total. The van der Waals surface area contributed by atoms with Crippen LogP contribution in [0, 0.1) is 5.82 Å². The minimum Gasteiger partial charge on any atom is -0.468 e. The van der Waals surface area contributed by atoms with Crippen LogP contribution in [-0.4, -0.2) is 37.1 Å². The predicted octanol–water partition coefficient (Wildman–Crippen LogP) is 4.94. The molecule has 1 fully saturated rings. The summed E-state index contributed by atoms with van der Waals surface area (Å²) in [5, 5.41) is 0.666. The van der Waals surface area contributed by atoms with E-state index >= 15 is 0 Å². The second-order valence-electron chi connectivity index (χ2n) is 6.66. The molecule has 0 aliphatic carbocycles. The largest absolute Gasteiger partial charge is 0.468 e. The molecule has 1 saturated heterocycles. The molecule has 0 amide bonds. The third kappa shape index (κ3) is 4.96. The fourth-order valence-corrected chi connectivity index (χ4v) is 3.61. The Hall–Kier alpha value is -2.17. The number of benzene rings is 2. The third-order valence-electron chi connectivity index (χ3n) is 4.93. The molecule has 1 aliphatic rings. The van der Waals surface area contributed by atoms with E-state index < -0.39 is 0 Å². The number of rotatable bonds is 5. The van der Waals surface area contributed by atoms with Crippen LogP contribution in [0.1, 0.15) is 30.4 Å². The van der Waals surface area contributed by atoms with Gasteiger partial charge in [-0.25, -0.2) is 4.39 Å². The van der Waals surface area contributed by atoms with Gasteiger partial charge in [0.05, 0.1) is 7.11 Å². The number of piperidine rings is 1. The minimum absolute atomic E-state index is 0.182. The predicted molar refractivity (Wildman–Crippen MR) is 106 cm³/mol. The average Bonchev–Trinajstić information content (AvgIpc) is 2.70. The third-order valence-corrected chi connectivity index (χ3v) is 5.18. The first-order valence-electron chi connectivity index (χ1n) is 9.12. The maximum Gasteiger partial charge on any atom is 0.323 e. The summed E-state index contributed by atoms with van der Waals surface area (Å²) in [4.78, 5) is 14.2. The van der Waals surface area contributed by atoms with Crippen LogP contribution in [0.25, 0.3) is 5.57 Å². The first-order chi connectivity index (χ1) is 13.1. The van der Waals surface area contributed by atoms with Gasteiger partial charge in [-0.15, -0.1) is 0 Å². The number of hydrogen-bond acceptors (Lipinski definition) is 3. The Morgan fingerprint density at radius 2 is 1.78 bits per heavy atom. The highest BCUT2D eigenvalue weighted by atomic mass is 35.5. The van der Waals surface area contributed by atoms with Gasteiger partial charge in [-0.1, -0.05) is 48.4 Å². The first-order valence-corrected chi connectivity index (χ1v) is 9.50. The van der Waals surface area contributed by atoms with Crippen LogP contribution < -0.4 is 0 Å². The number of halogens is 2.